The van der Waals surface area contributed by atoms with Crippen LogP contribution in [0.4, 0.5) is 0 Å². The van der Waals surface area contributed by atoms with Gasteiger partial charge in [-0.15, -0.1) is 0 Å². The lowest BCUT2D eigenvalue weighted by Gasteiger charge is -2.01. The highest BCUT2D eigenvalue weighted by Gasteiger charge is 1.92. The van der Waals surface area contributed by atoms with Crippen LogP contribution in [-0.4, -0.2) is 0 Å². The molecule has 0 spiro atoms. The van der Waals surface area contributed by atoms with E-state index in [0.717, 1.165) is 0 Å². The first-order valence-corrected chi connectivity index (χ1v) is 11.5. The number of hydrogen-bond acceptors (Lipinski definition) is 0. The first-order valence-electron chi connectivity index (χ1n) is 11.5. The van der Waals surface area contributed by atoms with Gasteiger partial charge in [0.1, 0.15) is 0 Å². The van der Waals surface area contributed by atoms with Gasteiger partial charge in [-0.05, 0) is 31.8 Å². The van der Waals surface area contributed by atoms with Gasteiger partial charge >= 0.3 is 0 Å². The number of allylic oxidation sites excluding steroid dienone is 2. The Kier molecular flexibility index (Phi) is 22.5. The third-order valence-electron chi connectivity index (χ3n) is 5.02. The fourth-order valence-electron chi connectivity index (χ4n) is 3.30. The Morgan fingerprint density at radius 1 is 0.458 bits per heavy atom. The molecule has 1 radical (unpaired) electrons. The van der Waals surface area contributed by atoms with E-state index in [1.807, 2.05) is 0 Å². The molecule has 0 aromatic heterocycles. The van der Waals surface area contributed by atoms with Gasteiger partial charge in [-0.3, -0.25) is 0 Å². The third kappa shape index (κ3) is 21.7. The standard InChI is InChI=1S/C24H47/c1-3-5-7-9-11-13-15-17-19-21-23-24-22-20-18-16-14-12-10-8-6-4-2/h24H,3-21,23H2,1-2H3. The lowest BCUT2D eigenvalue weighted by molar-refractivity contribution is 0.557. The van der Waals surface area contributed by atoms with Crippen LogP contribution >= 0.6 is 0 Å². The molecule has 0 bridgehead atoms. The monoisotopic (exact) mass is 335 g/mol. The van der Waals surface area contributed by atoms with Gasteiger partial charge in [0.05, 0.1) is 0 Å². The molecule has 24 heavy (non-hydrogen) atoms. The lowest BCUT2D eigenvalue weighted by Crippen LogP contribution is -1.81. The van der Waals surface area contributed by atoms with E-state index in [1.165, 1.54) is 128 Å². The molecular formula is C24H47. The van der Waals surface area contributed by atoms with E-state index in [4.69, 9.17) is 0 Å². The summed E-state index contributed by atoms with van der Waals surface area (Å²) in [6.45, 7) is 4.58. The molecule has 0 atom stereocenters. The molecule has 0 aromatic rings. The highest BCUT2D eigenvalue weighted by molar-refractivity contribution is 4.73. The largest absolute Gasteiger partial charge is 0.0811 e. The highest BCUT2D eigenvalue weighted by Crippen LogP contribution is 2.12. The minimum absolute atomic E-state index is 1.19. The van der Waals surface area contributed by atoms with E-state index >= 15 is 0 Å². The zero-order chi connectivity index (χ0) is 17.6. The molecule has 0 saturated carbocycles. The predicted octanol–water partition coefficient (Wildman–Crippen LogP) is 9.19. The Morgan fingerprint density at radius 3 is 1.29 bits per heavy atom. The van der Waals surface area contributed by atoms with Crippen molar-refractivity contribution in [3.8, 4) is 0 Å². The summed E-state index contributed by atoms with van der Waals surface area (Å²) in [5.41, 5.74) is 0. The predicted molar refractivity (Wildman–Crippen MR) is 112 cm³/mol. The molecule has 0 fully saturated rings. The van der Waals surface area contributed by atoms with Crippen LogP contribution in [0.15, 0.2) is 6.08 Å². The van der Waals surface area contributed by atoms with Crippen molar-refractivity contribution >= 4 is 0 Å². The molecule has 0 N–H and O–H groups in total. The Labute approximate surface area is 154 Å². The fourth-order valence-corrected chi connectivity index (χ4v) is 3.30. The van der Waals surface area contributed by atoms with Crippen molar-refractivity contribution < 1.29 is 0 Å². The molecule has 0 heterocycles. The average Bonchev–Trinajstić information content (AvgIpc) is 2.60. The Morgan fingerprint density at radius 2 is 0.833 bits per heavy atom. The van der Waals surface area contributed by atoms with Gasteiger partial charge < -0.3 is 0 Å². The van der Waals surface area contributed by atoms with Crippen molar-refractivity contribution in [3.05, 3.63) is 12.2 Å². The Balaban J connectivity index is 3.03. The molecular weight excluding hydrogens is 288 g/mol. The number of unbranched alkanes of at least 4 members (excludes halogenated alkanes) is 18. The lowest BCUT2D eigenvalue weighted by atomic mass is 10.1. The zero-order valence-corrected chi connectivity index (χ0v) is 17.2. The zero-order valence-electron chi connectivity index (χ0n) is 17.2. The molecule has 0 nitrogen and oxygen atoms in total. The first kappa shape index (κ1) is 23.7. The average molecular weight is 336 g/mol. The summed E-state index contributed by atoms with van der Waals surface area (Å²) >= 11 is 0. The van der Waals surface area contributed by atoms with Gasteiger partial charge in [-0.2, -0.15) is 0 Å². The van der Waals surface area contributed by atoms with Crippen LogP contribution in [0.2, 0.25) is 0 Å². The fraction of sp³-hybridized carbons (Fsp3) is 0.917. The molecule has 0 aliphatic carbocycles. The maximum Gasteiger partial charge on any atom is -0.0279 e. The van der Waals surface area contributed by atoms with Crippen molar-refractivity contribution in [1.29, 1.82) is 0 Å². The quantitative estimate of drug-likeness (QED) is 0.194. The van der Waals surface area contributed by atoms with E-state index < -0.39 is 0 Å². The van der Waals surface area contributed by atoms with Crippen LogP contribution in [0.3, 0.4) is 0 Å². The van der Waals surface area contributed by atoms with Crippen LogP contribution in [0.1, 0.15) is 142 Å². The smallest absolute Gasteiger partial charge is 0.0279 e. The third-order valence-corrected chi connectivity index (χ3v) is 5.02. The van der Waals surface area contributed by atoms with E-state index in [-0.39, 0.29) is 0 Å². The van der Waals surface area contributed by atoms with Crippen molar-refractivity contribution in [1.82, 2.24) is 0 Å². The summed E-state index contributed by atoms with van der Waals surface area (Å²) in [5, 5.41) is 0. The van der Waals surface area contributed by atoms with E-state index in [9.17, 15) is 0 Å². The van der Waals surface area contributed by atoms with Crippen LogP contribution in [0, 0.1) is 6.08 Å². The topological polar surface area (TPSA) is 0 Å². The molecule has 0 heteroatoms. The van der Waals surface area contributed by atoms with Gasteiger partial charge in [0, 0.05) is 0 Å². The van der Waals surface area contributed by atoms with Gasteiger partial charge in [0.15, 0.2) is 0 Å². The maximum atomic E-state index is 3.50. The maximum absolute atomic E-state index is 3.50. The summed E-state index contributed by atoms with van der Waals surface area (Å²) in [7, 11) is 0. The van der Waals surface area contributed by atoms with Crippen LogP contribution in [0.5, 0.6) is 0 Å². The van der Waals surface area contributed by atoms with Gasteiger partial charge in [0.25, 0.3) is 0 Å². The molecule has 0 aliphatic heterocycles. The van der Waals surface area contributed by atoms with Crippen molar-refractivity contribution in [3.63, 3.8) is 0 Å². The van der Waals surface area contributed by atoms with E-state index in [2.05, 4.69) is 26.0 Å². The molecule has 0 amide bonds. The van der Waals surface area contributed by atoms with Gasteiger partial charge in [-0.1, -0.05) is 123 Å². The normalized spacial score (nSPS) is 11.6. The summed E-state index contributed by atoms with van der Waals surface area (Å²) in [6.07, 6.45) is 33.9. The van der Waals surface area contributed by atoms with E-state index in [1.54, 1.807) is 0 Å². The summed E-state index contributed by atoms with van der Waals surface area (Å²) in [5.74, 6) is 0. The molecule has 0 saturated heterocycles. The Bertz CT molecular complexity index is 228. The minimum Gasteiger partial charge on any atom is -0.0811 e. The van der Waals surface area contributed by atoms with E-state index in [0.29, 0.717) is 0 Å². The molecule has 143 valence electrons. The second kappa shape index (κ2) is 22.7. The SMILES string of the molecule is CCCCCCCCCC/[C]=C\CCCCCCCCCCCC. The highest BCUT2D eigenvalue weighted by atomic mass is 14.0. The summed E-state index contributed by atoms with van der Waals surface area (Å²) in [6, 6.07) is 0. The first-order chi connectivity index (χ1) is 11.9. The second-order valence-corrected chi connectivity index (χ2v) is 7.60. The number of hydrogen-bond donors (Lipinski definition) is 0. The number of rotatable bonds is 20. The van der Waals surface area contributed by atoms with Gasteiger partial charge in [-0.25, -0.2) is 0 Å². The van der Waals surface area contributed by atoms with Crippen molar-refractivity contribution in [2.45, 2.75) is 142 Å². The summed E-state index contributed by atoms with van der Waals surface area (Å²) < 4.78 is 0. The molecule has 0 aromatic carbocycles. The van der Waals surface area contributed by atoms with Crippen LogP contribution in [0.25, 0.3) is 0 Å². The van der Waals surface area contributed by atoms with Crippen LogP contribution < -0.4 is 0 Å². The Hall–Kier alpha value is -0.260. The second-order valence-electron chi connectivity index (χ2n) is 7.60. The van der Waals surface area contributed by atoms with Gasteiger partial charge in [0.2, 0.25) is 0 Å². The summed E-state index contributed by atoms with van der Waals surface area (Å²) in [4.78, 5) is 0. The molecule has 0 aliphatic rings. The van der Waals surface area contributed by atoms with Crippen molar-refractivity contribution in [2.75, 3.05) is 0 Å². The van der Waals surface area contributed by atoms with Crippen LogP contribution in [-0.2, 0) is 0 Å². The van der Waals surface area contributed by atoms with Crippen molar-refractivity contribution in [2.24, 2.45) is 0 Å². The minimum atomic E-state index is 1.19. The molecule has 0 rings (SSSR count). The molecule has 0 unspecified atom stereocenters.